The van der Waals surface area contributed by atoms with Crippen molar-refractivity contribution in [2.24, 2.45) is 5.92 Å². The summed E-state index contributed by atoms with van der Waals surface area (Å²) in [5.74, 6) is 1.86. The van der Waals surface area contributed by atoms with E-state index in [4.69, 9.17) is 9.47 Å². The molecule has 0 saturated carbocycles. The van der Waals surface area contributed by atoms with Crippen LogP contribution in [0.25, 0.3) is 0 Å². The fourth-order valence-electron chi connectivity index (χ4n) is 3.37. The number of amides is 1. The van der Waals surface area contributed by atoms with Crippen molar-refractivity contribution >= 4 is 17.2 Å². The average Bonchev–Trinajstić information content (AvgIpc) is 3.31. The minimum atomic E-state index is -0.0426. The van der Waals surface area contributed by atoms with Crippen molar-refractivity contribution in [2.75, 3.05) is 26.4 Å². The Labute approximate surface area is 151 Å². The van der Waals surface area contributed by atoms with Gasteiger partial charge in [-0.2, -0.15) is 11.3 Å². The summed E-state index contributed by atoms with van der Waals surface area (Å²) in [7, 11) is 0. The number of ether oxygens (including phenoxy) is 2. The van der Waals surface area contributed by atoms with E-state index in [0.29, 0.717) is 23.0 Å². The van der Waals surface area contributed by atoms with Crippen LogP contribution in [0.1, 0.15) is 28.8 Å². The minimum Gasteiger partial charge on any atom is -0.454 e. The summed E-state index contributed by atoms with van der Waals surface area (Å²) in [6.07, 6.45) is 2.26. The molecule has 2 aromatic rings. The molecule has 0 unspecified atom stereocenters. The molecule has 132 valence electrons. The van der Waals surface area contributed by atoms with Gasteiger partial charge < -0.3 is 14.8 Å². The molecule has 0 atom stereocenters. The van der Waals surface area contributed by atoms with Crippen molar-refractivity contribution in [3.8, 4) is 11.5 Å². The molecule has 3 heterocycles. The van der Waals surface area contributed by atoms with E-state index in [1.54, 1.807) is 29.5 Å². The average molecular weight is 358 g/mol. The number of hydrogen-bond acceptors (Lipinski definition) is 5. The second-order valence-electron chi connectivity index (χ2n) is 6.63. The molecule has 6 heteroatoms. The summed E-state index contributed by atoms with van der Waals surface area (Å²) >= 11 is 1.75. The number of benzene rings is 1. The summed E-state index contributed by atoms with van der Waals surface area (Å²) in [5, 5.41) is 7.42. The molecule has 4 rings (SSSR count). The van der Waals surface area contributed by atoms with Crippen LogP contribution in [0.4, 0.5) is 0 Å². The highest BCUT2D eigenvalue weighted by atomic mass is 32.1. The quantitative estimate of drug-likeness (QED) is 0.892. The number of piperidine rings is 1. The van der Waals surface area contributed by atoms with E-state index in [9.17, 15) is 4.79 Å². The van der Waals surface area contributed by atoms with E-state index < -0.39 is 0 Å². The zero-order valence-corrected chi connectivity index (χ0v) is 14.9. The van der Waals surface area contributed by atoms with Crippen LogP contribution in [0.15, 0.2) is 35.0 Å². The first-order valence-corrected chi connectivity index (χ1v) is 9.63. The molecule has 0 aliphatic carbocycles. The fraction of sp³-hybridized carbons (Fsp3) is 0.421. The van der Waals surface area contributed by atoms with Gasteiger partial charge in [0.05, 0.1) is 0 Å². The van der Waals surface area contributed by atoms with Crippen LogP contribution in [0.3, 0.4) is 0 Å². The van der Waals surface area contributed by atoms with Gasteiger partial charge >= 0.3 is 0 Å². The Balaban J connectivity index is 1.23. The standard InChI is InChI=1S/C19H22N2O3S/c22-19(16-1-2-17-18(9-16)24-13-23-17)20-10-14-3-6-21(7-4-14)11-15-5-8-25-12-15/h1-2,5,8-9,12,14H,3-4,6-7,10-11,13H2,(H,20,22). The second kappa shape index (κ2) is 7.45. The number of fused-ring (bicyclic) bond motifs is 1. The van der Waals surface area contributed by atoms with Gasteiger partial charge in [0.1, 0.15) is 0 Å². The molecule has 0 radical (unpaired) electrons. The molecule has 2 aliphatic rings. The Hall–Kier alpha value is -2.05. The maximum Gasteiger partial charge on any atom is 0.251 e. The van der Waals surface area contributed by atoms with Gasteiger partial charge in [0.2, 0.25) is 6.79 Å². The summed E-state index contributed by atoms with van der Waals surface area (Å²) in [4.78, 5) is 14.8. The molecule has 0 bridgehead atoms. The van der Waals surface area contributed by atoms with Crippen molar-refractivity contribution in [2.45, 2.75) is 19.4 Å². The van der Waals surface area contributed by atoms with Crippen LogP contribution >= 0.6 is 11.3 Å². The maximum absolute atomic E-state index is 12.3. The number of rotatable bonds is 5. The first-order valence-electron chi connectivity index (χ1n) is 8.69. The van der Waals surface area contributed by atoms with Crippen LogP contribution in [-0.2, 0) is 6.54 Å². The maximum atomic E-state index is 12.3. The van der Waals surface area contributed by atoms with Gasteiger partial charge in [-0.15, -0.1) is 0 Å². The molecule has 1 N–H and O–H groups in total. The number of carbonyl (C=O) groups excluding carboxylic acids is 1. The summed E-state index contributed by atoms with van der Waals surface area (Å²) in [6, 6.07) is 7.52. The molecular weight excluding hydrogens is 336 g/mol. The molecule has 0 spiro atoms. The Morgan fingerprint density at radius 1 is 1.20 bits per heavy atom. The number of likely N-dealkylation sites (tertiary alicyclic amines) is 1. The molecule has 1 fully saturated rings. The molecule has 1 saturated heterocycles. The zero-order chi connectivity index (χ0) is 17.1. The van der Waals surface area contributed by atoms with E-state index in [1.165, 1.54) is 5.56 Å². The molecule has 5 nitrogen and oxygen atoms in total. The van der Waals surface area contributed by atoms with Gasteiger partial charge in [0.15, 0.2) is 11.5 Å². The van der Waals surface area contributed by atoms with Gasteiger partial charge in [0, 0.05) is 18.7 Å². The van der Waals surface area contributed by atoms with Crippen LogP contribution in [0.2, 0.25) is 0 Å². The molecule has 1 aromatic heterocycles. The van der Waals surface area contributed by atoms with Gasteiger partial charge in [-0.25, -0.2) is 0 Å². The molecular formula is C19H22N2O3S. The van der Waals surface area contributed by atoms with Crippen LogP contribution in [0.5, 0.6) is 11.5 Å². The second-order valence-corrected chi connectivity index (χ2v) is 7.41. The van der Waals surface area contributed by atoms with E-state index >= 15 is 0 Å². The monoisotopic (exact) mass is 358 g/mol. The highest BCUT2D eigenvalue weighted by Gasteiger charge is 2.21. The lowest BCUT2D eigenvalue weighted by molar-refractivity contribution is 0.0935. The van der Waals surface area contributed by atoms with Gasteiger partial charge in [-0.3, -0.25) is 9.69 Å². The molecule has 1 amide bonds. The fourth-order valence-corrected chi connectivity index (χ4v) is 4.03. The Morgan fingerprint density at radius 3 is 2.84 bits per heavy atom. The number of nitrogens with one attached hydrogen (secondary N) is 1. The predicted molar refractivity (Wildman–Crippen MR) is 97.2 cm³/mol. The largest absolute Gasteiger partial charge is 0.454 e. The number of thiophene rings is 1. The SMILES string of the molecule is O=C(NCC1CCN(Cc2ccsc2)CC1)c1ccc2c(c1)OCO2. The smallest absolute Gasteiger partial charge is 0.251 e. The highest BCUT2D eigenvalue weighted by molar-refractivity contribution is 7.07. The van der Waals surface area contributed by atoms with E-state index in [0.717, 1.165) is 39.0 Å². The molecule has 1 aromatic carbocycles. The molecule has 2 aliphatic heterocycles. The predicted octanol–water partition coefficient (Wildman–Crippen LogP) is 3.12. The number of carbonyl (C=O) groups is 1. The van der Waals surface area contributed by atoms with Crippen molar-refractivity contribution < 1.29 is 14.3 Å². The first kappa shape index (κ1) is 16.4. The Kier molecular flexibility index (Phi) is 4.90. The van der Waals surface area contributed by atoms with Crippen LogP contribution < -0.4 is 14.8 Å². The summed E-state index contributed by atoms with van der Waals surface area (Å²) in [6.45, 7) is 4.20. The van der Waals surface area contributed by atoms with Crippen molar-refractivity contribution in [3.05, 3.63) is 46.2 Å². The lowest BCUT2D eigenvalue weighted by Gasteiger charge is -2.31. The van der Waals surface area contributed by atoms with Gasteiger partial charge in [-0.05, 0) is 72.4 Å². The van der Waals surface area contributed by atoms with Crippen molar-refractivity contribution in [3.63, 3.8) is 0 Å². The van der Waals surface area contributed by atoms with E-state index in [2.05, 4.69) is 27.0 Å². The highest BCUT2D eigenvalue weighted by Crippen LogP contribution is 2.32. The topological polar surface area (TPSA) is 50.8 Å². The van der Waals surface area contributed by atoms with Crippen molar-refractivity contribution in [1.82, 2.24) is 10.2 Å². The Morgan fingerprint density at radius 2 is 2.04 bits per heavy atom. The third kappa shape index (κ3) is 3.96. The normalized spacial score (nSPS) is 17.6. The lowest BCUT2D eigenvalue weighted by Crippen LogP contribution is -2.38. The zero-order valence-electron chi connectivity index (χ0n) is 14.1. The summed E-state index contributed by atoms with van der Waals surface area (Å²) < 4.78 is 10.6. The van der Waals surface area contributed by atoms with Crippen molar-refractivity contribution in [1.29, 1.82) is 0 Å². The van der Waals surface area contributed by atoms with Crippen LogP contribution in [0, 0.1) is 5.92 Å². The lowest BCUT2D eigenvalue weighted by atomic mass is 9.96. The third-order valence-corrected chi connectivity index (χ3v) is 5.61. The number of hydrogen-bond donors (Lipinski definition) is 1. The third-order valence-electron chi connectivity index (χ3n) is 4.88. The van der Waals surface area contributed by atoms with Crippen LogP contribution in [-0.4, -0.2) is 37.2 Å². The van der Waals surface area contributed by atoms with Gasteiger partial charge in [0.25, 0.3) is 5.91 Å². The molecule has 25 heavy (non-hydrogen) atoms. The van der Waals surface area contributed by atoms with E-state index in [-0.39, 0.29) is 12.7 Å². The van der Waals surface area contributed by atoms with E-state index in [1.807, 2.05) is 0 Å². The number of nitrogens with zero attached hydrogens (tertiary/aromatic N) is 1. The summed E-state index contributed by atoms with van der Waals surface area (Å²) in [5.41, 5.74) is 2.03. The first-order chi connectivity index (χ1) is 12.3. The Bertz CT molecular complexity index is 724. The minimum absolute atomic E-state index is 0.0426. The van der Waals surface area contributed by atoms with Gasteiger partial charge in [-0.1, -0.05) is 0 Å².